The minimum absolute atomic E-state index is 0.00718. The van der Waals surface area contributed by atoms with Crippen LogP contribution in [0.4, 0.5) is 5.69 Å². The third-order valence-electron chi connectivity index (χ3n) is 5.24. The predicted molar refractivity (Wildman–Crippen MR) is 114 cm³/mol. The predicted octanol–water partition coefficient (Wildman–Crippen LogP) is 3.00. The van der Waals surface area contributed by atoms with Crippen molar-refractivity contribution >= 4 is 17.5 Å². The Kier molecular flexibility index (Phi) is 7.25. The summed E-state index contributed by atoms with van der Waals surface area (Å²) in [4.78, 5) is 29.0. The molecule has 0 unspecified atom stereocenters. The lowest BCUT2D eigenvalue weighted by molar-refractivity contribution is -0.122. The molecule has 1 aliphatic heterocycles. The van der Waals surface area contributed by atoms with Crippen molar-refractivity contribution in [1.29, 1.82) is 0 Å². The van der Waals surface area contributed by atoms with Gasteiger partial charge >= 0.3 is 0 Å². The fourth-order valence-corrected chi connectivity index (χ4v) is 3.54. The van der Waals surface area contributed by atoms with Crippen molar-refractivity contribution in [1.82, 2.24) is 10.2 Å². The molecule has 1 N–H and O–H groups in total. The summed E-state index contributed by atoms with van der Waals surface area (Å²) in [6.07, 6.45) is 0.238. The molecule has 0 aromatic heterocycles. The molecule has 0 fully saturated rings. The van der Waals surface area contributed by atoms with Crippen LogP contribution in [-0.4, -0.2) is 49.5 Å². The van der Waals surface area contributed by atoms with Crippen molar-refractivity contribution in [3.05, 3.63) is 60.2 Å². The van der Waals surface area contributed by atoms with Crippen LogP contribution in [0.25, 0.3) is 0 Å². The number of amides is 2. The lowest BCUT2D eigenvalue weighted by atomic mass is 10.1. The van der Waals surface area contributed by atoms with Crippen molar-refractivity contribution in [3.8, 4) is 5.75 Å². The van der Waals surface area contributed by atoms with Crippen LogP contribution in [0.2, 0.25) is 0 Å². The summed E-state index contributed by atoms with van der Waals surface area (Å²) >= 11 is 0. The van der Waals surface area contributed by atoms with Gasteiger partial charge in [-0.3, -0.25) is 9.59 Å². The van der Waals surface area contributed by atoms with E-state index in [0.29, 0.717) is 12.3 Å². The number of nitrogens with zero attached hydrogens (tertiary/aromatic N) is 2. The Balaban J connectivity index is 1.65. The van der Waals surface area contributed by atoms with E-state index in [0.717, 1.165) is 30.9 Å². The molecule has 154 valence electrons. The smallest absolute Gasteiger partial charge is 0.265 e. The number of fused-ring (bicyclic) bond motifs is 1. The van der Waals surface area contributed by atoms with Crippen molar-refractivity contribution in [2.75, 3.05) is 37.7 Å². The fraction of sp³-hybridized carbons (Fsp3) is 0.391. The molecule has 0 saturated carbocycles. The van der Waals surface area contributed by atoms with Gasteiger partial charge in [-0.05, 0) is 30.8 Å². The van der Waals surface area contributed by atoms with E-state index in [1.807, 2.05) is 54.6 Å². The van der Waals surface area contributed by atoms with Crippen LogP contribution in [-0.2, 0) is 9.59 Å². The molecule has 2 aromatic carbocycles. The van der Waals surface area contributed by atoms with Crippen molar-refractivity contribution in [2.24, 2.45) is 0 Å². The first-order valence-electron chi connectivity index (χ1n) is 10.2. The van der Waals surface area contributed by atoms with Gasteiger partial charge in [0.05, 0.1) is 11.7 Å². The molecule has 0 saturated heterocycles. The van der Waals surface area contributed by atoms with Gasteiger partial charge in [0.25, 0.3) is 5.91 Å². The molecule has 1 heterocycles. The van der Waals surface area contributed by atoms with Crippen LogP contribution >= 0.6 is 0 Å². The van der Waals surface area contributed by atoms with E-state index in [9.17, 15) is 9.59 Å². The molecule has 2 aromatic rings. The molecule has 0 radical (unpaired) electrons. The van der Waals surface area contributed by atoms with E-state index in [1.54, 1.807) is 4.90 Å². The second kappa shape index (κ2) is 10.1. The highest BCUT2D eigenvalue weighted by Crippen LogP contribution is 2.31. The standard InChI is InChI=1S/C23H29N3O3/c1-3-25(4-2)16-19(18-10-6-5-7-11-18)24-22(27)14-15-26-20-12-8-9-13-21(20)29-17-23(26)28/h5-13,19H,3-4,14-17H2,1-2H3,(H,24,27)/t19-/m1/s1. The molecule has 1 atom stereocenters. The zero-order chi connectivity index (χ0) is 20.6. The quantitative estimate of drug-likeness (QED) is 0.709. The number of carbonyl (C=O) groups is 2. The molecular formula is C23H29N3O3. The van der Waals surface area contributed by atoms with Gasteiger partial charge in [-0.15, -0.1) is 0 Å². The fourth-order valence-electron chi connectivity index (χ4n) is 3.54. The van der Waals surface area contributed by atoms with Crippen molar-refractivity contribution in [2.45, 2.75) is 26.3 Å². The van der Waals surface area contributed by atoms with E-state index in [2.05, 4.69) is 24.1 Å². The summed E-state index contributed by atoms with van der Waals surface area (Å²) in [5, 5.41) is 3.16. The van der Waals surface area contributed by atoms with Gasteiger partial charge in [-0.25, -0.2) is 0 Å². The van der Waals surface area contributed by atoms with Crippen LogP contribution < -0.4 is 15.0 Å². The third kappa shape index (κ3) is 5.35. The van der Waals surface area contributed by atoms with Crippen molar-refractivity contribution in [3.63, 3.8) is 0 Å². The zero-order valence-corrected chi connectivity index (χ0v) is 17.1. The maximum Gasteiger partial charge on any atom is 0.265 e. The Bertz CT molecular complexity index is 821. The Morgan fingerprint density at radius 1 is 1.10 bits per heavy atom. The van der Waals surface area contributed by atoms with Gasteiger partial charge in [0.1, 0.15) is 5.75 Å². The van der Waals surface area contributed by atoms with Crippen molar-refractivity contribution < 1.29 is 14.3 Å². The molecule has 0 spiro atoms. The summed E-state index contributed by atoms with van der Waals surface area (Å²) in [6, 6.07) is 17.4. The second-order valence-electron chi connectivity index (χ2n) is 7.07. The van der Waals surface area contributed by atoms with E-state index >= 15 is 0 Å². The minimum atomic E-state index is -0.126. The normalized spacial score (nSPS) is 14.3. The van der Waals surface area contributed by atoms with Crippen LogP contribution in [0.3, 0.4) is 0 Å². The van der Waals surface area contributed by atoms with Gasteiger partial charge in [0.15, 0.2) is 6.61 Å². The first kappa shape index (κ1) is 20.9. The van der Waals surface area contributed by atoms with E-state index in [4.69, 9.17) is 4.74 Å². The number of hydrogen-bond donors (Lipinski definition) is 1. The minimum Gasteiger partial charge on any atom is -0.482 e. The average Bonchev–Trinajstić information content (AvgIpc) is 2.76. The number of ether oxygens (including phenoxy) is 1. The molecule has 29 heavy (non-hydrogen) atoms. The number of nitrogens with one attached hydrogen (secondary N) is 1. The number of hydrogen-bond acceptors (Lipinski definition) is 4. The first-order valence-corrected chi connectivity index (χ1v) is 10.2. The van der Waals surface area contributed by atoms with Gasteiger partial charge in [-0.1, -0.05) is 56.3 Å². The first-order chi connectivity index (χ1) is 14.1. The third-order valence-corrected chi connectivity index (χ3v) is 5.24. The molecule has 0 aliphatic carbocycles. The Morgan fingerprint density at radius 3 is 2.52 bits per heavy atom. The highest BCUT2D eigenvalue weighted by Gasteiger charge is 2.26. The molecule has 1 aliphatic rings. The second-order valence-corrected chi connectivity index (χ2v) is 7.07. The molecule has 0 bridgehead atoms. The van der Waals surface area contributed by atoms with Crippen LogP contribution in [0.5, 0.6) is 5.75 Å². The molecule has 6 heteroatoms. The summed E-state index contributed by atoms with van der Waals surface area (Å²) in [7, 11) is 0. The number of anilines is 1. The zero-order valence-electron chi connectivity index (χ0n) is 17.1. The molecule has 3 rings (SSSR count). The monoisotopic (exact) mass is 395 g/mol. The lowest BCUT2D eigenvalue weighted by Gasteiger charge is -2.30. The van der Waals surface area contributed by atoms with E-state index < -0.39 is 0 Å². The van der Waals surface area contributed by atoms with Crippen LogP contribution in [0.1, 0.15) is 31.9 Å². The number of para-hydroxylation sites is 2. The van der Waals surface area contributed by atoms with Gasteiger partial charge in [0, 0.05) is 19.5 Å². The Hall–Kier alpha value is -2.86. The summed E-state index contributed by atoms with van der Waals surface area (Å²) in [5.74, 6) is 0.484. The number of benzene rings is 2. The van der Waals surface area contributed by atoms with Gasteiger partial charge < -0.3 is 19.9 Å². The lowest BCUT2D eigenvalue weighted by Crippen LogP contribution is -2.42. The summed E-state index contributed by atoms with van der Waals surface area (Å²) < 4.78 is 5.47. The number of carbonyl (C=O) groups excluding carboxylic acids is 2. The SMILES string of the molecule is CCN(CC)C[C@@H](NC(=O)CCN1C(=O)COc2ccccc21)c1ccccc1. The largest absolute Gasteiger partial charge is 0.482 e. The highest BCUT2D eigenvalue weighted by molar-refractivity contribution is 5.98. The summed E-state index contributed by atoms with van der Waals surface area (Å²) in [6.45, 7) is 7.18. The van der Waals surface area contributed by atoms with E-state index in [1.165, 1.54) is 0 Å². The van der Waals surface area contributed by atoms with Crippen LogP contribution in [0.15, 0.2) is 54.6 Å². The number of rotatable bonds is 9. The van der Waals surface area contributed by atoms with Gasteiger partial charge in [0.2, 0.25) is 5.91 Å². The average molecular weight is 396 g/mol. The molecule has 2 amide bonds. The highest BCUT2D eigenvalue weighted by atomic mass is 16.5. The Labute approximate surface area is 172 Å². The van der Waals surface area contributed by atoms with Gasteiger partial charge in [-0.2, -0.15) is 0 Å². The summed E-state index contributed by atoms with van der Waals surface area (Å²) in [5.41, 5.74) is 1.81. The molecule has 6 nitrogen and oxygen atoms in total. The topological polar surface area (TPSA) is 61.9 Å². The Morgan fingerprint density at radius 2 is 1.79 bits per heavy atom. The van der Waals surface area contributed by atoms with Crippen LogP contribution in [0, 0.1) is 0 Å². The number of likely N-dealkylation sites (N-methyl/N-ethyl adjacent to an activating group) is 1. The maximum atomic E-state index is 12.7. The maximum absolute atomic E-state index is 12.7. The van der Waals surface area contributed by atoms with E-state index in [-0.39, 0.29) is 30.9 Å². The molecular weight excluding hydrogens is 366 g/mol.